The number of nitrogens with zero attached hydrogens (tertiary/aromatic N) is 2. The van der Waals surface area contributed by atoms with Gasteiger partial charge in [0, 0.05) is 11.4 Å². The molecule has 2 aromatic heterocycles. The summed E-state index contributed by atoms with van der Waals surface area (Å²) in [5, 5.41) is 1.98. The highest BCUT2D eigenvalue weighted by molar-refractivity contribution is 7.17. The fourth-order valence-corrected chi connectivity index (χ4v) is 2.54. The third kappa shape index (κ3) is 2.03. The van der Waals surface area contributed by atoms with Gasteiger partial charge in [-0.3, -0.25) is 9.36 Å². The maximum absolute atomic E-state index is 12.3. The van der Waals surface area contributed by atoms with Crippen molar-refractivity contribution in [3.8, 4) is 0 Å². The molecule has 0 aromatic carbocycles. The van der Waals surface area contributed by atoms with E-state index >= 15 is 0 Å². The van der Waals surface area contributed by atoms with E-state index in [1.807, 2.05) is 13.8 Å². The second-order valence-corrected chi connectivity index (χ2v) is 4.96. The van der Waals surface area contributed by atoms with Crippen LogP contribution in [0.2, 0.25) is 0 Å². The molecule has 96 valence electrons. The Labute approximate surface area is 108 Å². The number of ether oxygens (including phenoxy) is 1. The number of hydrogen-bond donors (Lipinski definition) is 0. The average Bonchev–Trinajstić information content (AvgIpc) is 2.74. The van der Waals surface area contributed by atoms with Gasteiger partial charge in [0.15, 0.2) is 0 Å². The highest BCUT2D eigenvalue weighted by atomic mass is 32.1. The molecule has 0 atom stereocenters. The Bertz CT molecular complexity index is 642. The van der Waals surface area contributed by atoms with Crippen molar-refractivity contribution in [2.45, 2.75) is 26.8 Å². The lowest BCUT2D eigenvalue weighted by molar-refractivity contribution is 0.0529. The van der Waals surface area contributed by atoms with Crippen molar-refractivity contribution in [3.05, 3.63) is 27.6 Å². The van der Waals surface area contributed by atoms with Crippen LogP contribution >= 0.6 is 11.3 Å². The molecule has 0 fully saturated rings. The van der Waals surface area contributed by atoms with E-state index in [1.54, 1.807) is 12.3 Å². The van der Waals surface area contributed by atoms with Gasteiger partial charge in [-0.25, -0.2) is 9.78 Å². The molecule has 2 heterocycles. The number of aromatic nitrogens is 2. The van der Waals surface area contributed by atoms with Crippen LogP contribution in [0.1, 0.15) is 37.2 Å². The molecular formula is C12H14N2O3S. The average molecular weight is 266 g/mol. The molecule has 0 aliphatic heterocycles. The Kier molecular flexibility index (Phi) is 3.47. The highest BCUT2D eigenvalue weighted by Crippen LogP contribution is 2.22. The van der Waals surface area contributed by atoms with Crippen molar-refractivity contribution >= 4 is 27.5 Å². The highest BCUT2D eigenvalue weighted by Gasteiger charge is 2.18. The van der Waals surface area contributed by atoms with E-state index in [9.17, 15) is 9.59 Å². The van der Waals surface area contributed by atoms with E-state index in [4.69, 9.17) is 4.74 Å². The number of rotatable bonds is 3. The van der Waals surface area contributed by atoms with Crippen LogP contribution in [0.25, 0.3) is 10.2 Å². The van der Waals surface area contributed by atoms with Crippen molar-refractivity contribution in [1.29, 1.82) is 0 Å². The van der Waals surface area contributed by atoms with E-state index in [0.717, 1.165) is 0 Å². The molecule has 0 aliphatic rings. The summed E-state index contributed by atoms with van der Waals surface area (Å²) in [6.07, 6.45) is 1.51. The molecule has 6 heteroatoms. The lowest BCUT2D eigenvalue weighted by Crippen LogP contribution is -2.23. The number of esters is 1. The second kappa shape index (κ2) is 4.89. The fraction of sp³-hybridized carbons (Fsp3) is 0.417. The predicted octanol–water partition coefficient (Wildman–Crippen LogP) is 2.22. The molecule has 0 spiro atoms. The minimum absolute atomic E-state index is 0.00402. The van der Waals surface area contributed by atoms with Crippen molar-refractivity contribution < 1.29 is 9.53 Å². The lowest BCUT2D eigenvalue weighted by atomic mass is 10.2. The summed E-state index contributed by atoms with van der Waals surface area (Å²) in [5.74, 6) is -0.468. The van der Waals surface area contributed by atoms with Gasteiger partial charge in [0.05, 0.1) is 23.9 Å². The Balaban J connectivity index is 2.67. The molecule has 0 unspecified atom stereocenters. The molecule has 5 nitrogen and oxygen atoms in total. The second-order valence-electron chi connectivity index (χ2n) is 4.10. The lowest BCUT2D eigenvalue weighted by Gasteiger charge is -2.08. The smallest absolute Gasteiger partial charge is 0.339 e. The van der Waals surface area contributed by atoms with Crippen LogP contribution in [-0.4, -0.2) is 22.1 Å². The van der Waals surface area contributed by atoms with Crippen LogP contribution in [0.15, 0.2) is 16.5 Å². The van der Waals surface area contributed by atoms with Crippen molar-refractivity contribution in [1.82, 2.24) is 9.55 Å². The van der Waals surface area contributed by atoms with Crippen molar-refractivity contribution in [3.63, 3.8) is 0 Å². The summed E-state index contributed by atoms with van der Waals surface area (Å²) in [6.45, 7) is 5.81. The molecule has 0 bridgehead atoms. The predicted molar refractivity (Wildman–Crippen MR) is 70.2 cm³/mol. The zero-order valence-electron chi connectivity index (χ0n) is 10.5. The van der Waals surface area contributed by atoms with Gasteiger partial charge in [-0.2, -0.15) is 0 Å². The maximum Gasteiger partial charge on any atom is 0.339 e. The van der Waals surface area contributed by atoms with Crippen molar-refractivity contribution in [2.24, 2.45) is 0 Å². The van der Waals surface area contributed by atoms with E-state index in [0.29, 0.717) is 15.8 Å². The standard InChI is InChI=1S/C12H14N2O3S/c1-4-17-12(16)8-5-18-10-9(8)11(15)14(6-13-10)7(2)3/h5-7H,4H2,1-3H3. The SMILES string of the molecule is CCOC(=O)c1csc2ncn(C(C)C)c(=O)c12. The Hall–Kier alpha value is -1.69. The van der Waals surface area contributed by atoms with Gasteiger partial charge in [0.1, 0.15) is 4.83 Å². The molecule has 0 amide bonds. The first kappa shape index (κ1) is 12.8. The summed E-state index contributed by atoms with van der Waals surface area (Å²) in [4.78, 5) is 28.8. The topological polar surface area (TPSA) is 61.2 Å². The minimum Gasteiger partial charge on any atom is -0.462 e. The van der Waals surface area contributed by atoms with Gasteiger partial charge >= 0.3 is 5.97 Å². The van der Waals surface area contributed by atoms with Gasteiger partial charge in [-0.15, -0.1) is 11.3 Å². The van der Waals surface area contributed by atoms with E-state index in [-0.39, 0.29) is 18.2 Å². The van der Waals surface area contributed by atoms with Gasteiger partial charge in [0.25, 0.3) is 5.56 Å². The molecule has 0 radical (unpaired) electrons. The summed E-state index contributed by atoms with van der Waals surface area (Å²) in [6, 6.07) is 0.00402. The molecule has 0 N–H and O–H groups in total. The zero-order valence-corrected chi connectivity index (χ0v) is 11.3. The van der Waals surface area contributed by atoms with Gasteiger partial charge in [-0.05, 0) is 20.8 Å². The van der Waals surface area contributed by atoms with Crippen LogP contribution in [0.3, 0.4) is 0 Å². The van der Waals surface area contributed by atoms with E-state index in [1.165, 1.54) is 22.2 Å². The zero-order chi connectivity index (χ0) is 13.3. The summed E-state index contributed by atoms with van der Waals surface area (Å²) >= 11 is 1.28. The van der Waals surface area contributed by atoms with Gasteiger partial charge < -0.3 is 4.74 Å². The summed E-state index contributed by atoms with van der Waals surface area (Å²) < 4.78 is 6.45. The number of fused-ring (bicyclic) bond motifs is 1. The normalized spacial score (nSPS) is 11.1. The largest absolute Gasteiger partial charge is 0.462 e. The Morgan fingerprint density at radius 1 is 1.56 bits per heavy atom. The minimum atomic E-state index is -0.468. The van der Waals surface area contributed by atoms with Crippen LogP contribution in [-0.2, 0) is 4.74 Å². The summed E-state index contributed by atoms with van der Waals surface area (Å²) in [7, 11) is 0. The maximum atomic E-state index is 12.3. The van der Waals surface area contributed by atoms with Crippen LogP contribution in [0.5, 0.6) is 0 Å². The monoisotopic (exact) mass is 266 g/mol. The Morgan fingerprint density at radius 2 is 2.28 bits per heavy atom. The van der Waals surface area contributed by atoms with Crippen molar-refractivity contribution in [2.75, 3.05) is 6.61 Å². The molecule has 0 aliphatic carbocycles. The first-order chi connectivity index (χ1) is 8.56. The molecule has 18 heavy (non-hydrogen) atoms. The van der Waals surface area contributed by atoms with Gasteiger partial charge in [-0.1, -0.05) is 0 Å². The van der Waals surface area contributed by atoms with Gasteiger partial charge in [0.2, 0.25) is 0 Å². The van der Waals surface area contributed by atoms with Crippen LogP contribution in [0.4, 0.5) is 0 Å². The third-order valence-corrected chi connectivity index (χ3v) is 3.46. The first-order valence-corrected chi connectivity index (χ1v) is 6.59. The number of thiophene rings is 1. The Morgan fingerprint density at radius 3 is 2.89 bits per heavy atom. The quantitative estimate of drug-likeness (QED) is 0.799. The fourth-order valence-electron chi connectivity index (χ4n) is 1.67. The van der Waals surface area contributed by atoms with Crippen LogP contribution < -0.4 is 5.56 Å². The number of carbonyl (C=O) groups excluding carboxylic acids is 1. The van der Waals surface area contributed by atoms with Crippen LogP contribution in [0, 0.1) is 0 Å². The van der Waals surface area contributed by atoms with E-state index in [2.05, 4.69) is 4.98 Å². The summed E-state index contributed by atoms with van der Waals surface area (Å²) in [5.41, 5.74) is 0.114. The molecule has 2 aromatic rings. The first-order valence-electron chi connectivity index (χ1n) is 5.71. The molecule has 0 saturated heterocycles. The number of hydrogen-bond acceptors (Lipinski definition) is 5. The molecule has 0 saturated carbocycles. The molecule has 2 rings (SSSR count). The van der Waals surface area contributed by atoms with E-state index < -0.39 is 5.97 Å². The number of carbonyl (C=O) groups is 1. The third-order valence-electron chi connectivity index (χ3n) is 2.57. The molecular weight excluding hydrogens is 252 g/mol.